The summed E-state index contributed by atoms with van der Waals surface area (Å²) in [4.78, 5) is 38.0. The molecule has 0 aliphatic carbocycles. The molecule has 0 aromatic rings. The Hall–Kier alpha value is -2.37. The molecule has 0 saturated carbocycles. The standard InChI is InChI=1S/C57H104O6/c1-4-7-10-13-16-19-22-25-27-28-30-32-35-38-41-44-47-50-56(59)62-53-54(52-61-55(58)49-46-43-40-37-34-31-24-21-18-15-12-9-6-3)63-57(60)51-48-45-42-39-36-33-29-26-23-20-17-14-11-8-5-2/h16,19,25,27,30,32,54H,4-15,17-18,20-24,26,28-29,31,33-53H2,1-3H3/b19-16-,27-25-,32-30-/t54-/m1/s1. The lowest BCUT2D eigenvalue weighted by molar-refractivity contribution is -0.167. The van der Waals surface area contributed by atoms with E-state index in [1.54, 1.807) is 0 Å². The van der Waals surface area contributed by atoms with Crippen LogP contribution < -0.4 is 0 Å². The van der Waals surface area contributed by atoms with Crippen molar-refractivity contribution >= 4 is 17.9 Å². The van der Waals surface area contributed by atoms with Crippen molar-refractivity contribution in [3.8, 4) is 0 Å². The molecular weight excluding hydrogens is 781 g/mol. The highest BCUT2D eigenvalue weighted by atomic mass is 16.6. The van der Waals surface area contributed by atoms with Crippen molar-refractivity contribution in [2.75, 3.05) is 13.2 Å². The van der Waals surface area contributed by atoms with Crippen LogP contribution >= 0.6 is 0 Å². The SMILES string of the molecule is CCCCC/C=C\C/C=C\C/C=C\CCCCCCC(=O)OC[C@@H](COC(=O)CCCCCCCCCCCCCCC)OC(=O)CCCCCCCCCCCCCCCCC. The average Bonchev–Trinajstić information content (AvgIpc) is 3.28. The number of ether oxygens (including phenoxy) is 3. The molecule has 0 spiro atoms. The van der Waals surface area contributed by atoms with Crippen LogP contribution in [0.5, 0.6) is 0 Å². The van der Waals surface area contributed by atoms with Crippen LogP contribution in [0.4, 0.5) is 0 Å². The fraction of sp³-hybridized carbons (Fsp3) is 0.842. The highest BCUT2D eigenvalue weighted by molar-refractivity contribution is 5.71. The van der Waals surface area contributed by atoms with Gasteiger partial charge in [0.2, 0.25) is 0 Å². The fourth-order valence-corrected chi connectivity index (χ4v) is 7.98. The largest absolute Gasteiger partial charge is 0.462 e. The highest BCUT2D eigenvalue weighted by Crippen LogP contribution is 2.16. The second kappa shape index (κ2) is 52.3. The minimum absolute atomic E-state index is 0.0748. The third-order valence-electron chi connectivity index (χ3n) is 12.1. The zero-order valence-electron chi connectivity index (χ0n) is 42.1. The Bertz CT molecular complexity index is 1060. The minimum Gasteiger partial charge on any atom is -0.462 e. The summed E-state index contributed by atoms with van der Waals surface area (Å²) in [5, 5.41) is 0. The van der Waals surface area contributed by atoms with Gasteiger partial charge in [-0.15, -0.1) is 0 Å². The van der Waals surface area contributed by atoms with Crippen LogP contribution in [-0.2, 0) is 28.6 Å². The molecule has 6 heteroatoms. The first-order valence-electron chi connectivity index (χ1n) is 27.5. The number of allylic oxidation sites excluding steroid dienone is 6. The van der Waals surface area contributed by atoms with E-state index >= 15 is 0 Å². The van der Waals surface area contributed by atoms with Crippen molar-refractivity contribution in [3.05, 3.63) is 36.5 Å². The predicted octanol–water partition coefficient (Wildman–Crippen LogP) is 18.1. The number of carbonyl (C=O) groups excluding carboxylic acids is 3. The van der Waals surface area contributed by atoms with E-state index in [1.807, 2.05) is 0 Å². The van der Waals surface area contributed by atoms with Crippen LogP contribution in [0, 0.1) is 0 Å². The lowest BCUT2D eigenvalue weighted by Crippen LogP contribution is -2.30. The first-order valence-corrected chi connectivity index (χ1v) is 27.5. The van der Waals surface area contributed by atoms with Gasteiger partial charge in [-0.2, -0.15) is 0 Å². The Kier molecular flexibility index (Phi) is 50.3. The zero-order chi connectivity index (χ0) is 45.8. The van der Waals surface area contributed by atoms with Crippen molar-refractivity contribution in [2.24, 2.45) is 0 Å². The molecule has 0 radical (unpaired) electrons. The van der Waals surface area contributed by atoms with Crippen molar-refractivity contribution in [3.63, 3.8) is 0 Å². The van der Waals surface area contributed by atoms with Gasteiger partial charge in [0.25, 0.3) is 0 Å². The predicted molar refractivity (Wildman–Crippen MR) is 270 cm³/mol. The van der Waals surface area contributed by atoms with Gasteiger partial charge < -0.3 is 14.2 Å². The van der Waals surface area contributed by atoms with Gasteiger partial charge in [-0.1, -0.05) is 250 Å². The molecule has 0 fully saturated rings. The second-order valence-corrected chi connectivity index (χ2v) is 18.5. The van der Waals surface area contributed by atoms with Crippen LogP contribution in [0.25, 0.3) is 0 Å². The lowest BCUT2D eigenvalue weighted by Gasteiger charge is -2.18. The Morgan fingerprint density at radius 1 is 0.317 bits per heavy atom. The van der Waals surface area contributed by atoms with Crippen LogP contribution in [0.2, 0.25) is 0 Å². The molecule has 0 aliphatic heterocycles. The first-order chi connectivity index (χ1) is 31.0. The Labute approximate surface area is 391 Å². The van der Waals surface area contributed by atoms with E-state index in [4.69, 9.17) is 14.2 Å². The molecule has 0 aliphatic rings. The zero-order valence-corrected chi connectivity index (χ0v) is 42.1. The summed E-state index contributed by atoms with van der Waals surface area (Å²) in [6.45, 7) is 6.62. The molecule has 368 valence electrons. The molecular formula is C57H104O6. The summed E-state index contributed by atoms with van der Waals surface area (Å²) in [5.74, 6) is -0.881. The van der Waals surface area contributed by atoms with E-state index in [-0.39, 0.29) is 31.1 Å². The molecule has 0 aromatic heterocycles. The van der Waals surface area contributed by atoms with Crippen molar-refractivity contribution in [2.45, 2.75) is 297 Å². The fourth-order valence-electron chi connectivity index (χ4n) is 7.98. The lowest BCUT2D eigenvalue weighted by atomic mass is 10.0. The van der Waals surface area contributed by atoms with E-state index in [2.05, 4.69) is 57.2 Å². The van der Waals surface area contributed by atoms with Crippen LogP contribution in [-0.4, -0.2) is 37.2 Å². The molecule has 0 heterocycles. The number of rotatable bonds is 50. The molecule has 0 N–H and O–H groups in total. The summed E-state index contributed by atoms with van der Waals surface area (Å²) in [5.41, 5.74) is 0. The van der Waals surface area contributed by atoms with Gasteiger partial charge in [0, 0.05) is 19.3 Å². The van der Waals surface area contributed by atoms with Gasteiger partial charge in [0.15, 0.2) is 6.10 Å². The smallest absolute Gasteiger partial charge is 0.306 e. The molecule has 0 amide bonds. The molecule has 0 rings (SSSR count). The Morgan fingerprint density at radius 3 is 0.921 bits per heavy atom. The molecule has 1 atom stereocenters. The monoisotopic (exact) mass is 885 g/mol. The Morgan fingerprint density at radius 2 is 0.571 bits per heavy atom. The van der Waals surface area contributed by atoms with E-state index in [1.165, 1.54) is 167 Å². The number of carbonyl (C=O) groups is 3. The average molecular weight is 885 g/mol. The third kappa shape index (κ3) is 50.5. The van der Waals surface area contributed by atoms with Crippen LogP contribution in [0.1, 0.15) is 290 Å². The normalized spacial score (nSPS) is 12.2. The summed E-state index contributed by atoms with van der Waals surface area (Å²) in [7, 11) is 0. The van der Waals surface area contributed by atoms with Gasteiger partial charge in [-0.25, -0.2) is 0 Å². The van der Waals surface area contributed by atoms with E-state index < -0.39 is 6.10 Å². The first kappa shape index (κ1) is 60.6. The van der Waals surface area contributed by atoms with Crippen molar-refractivity contribution in [1.82, 2.24) is 0 Å². The maximum atomic E-state index is 12.8. The van der Waals surface area contributed by atoms with Gasteiger partial charge in [0.05, 0.1) is 0 Å². The quantitative estimate of drug-likeness (QED) is 0.0262. The van der Waals surface area contributed by atoms with Crippen molar-refractivity contribution in [1.29, 1.82) is 0 Å². The summed E-state index contributed by atoms with van der Waals surface area (Å²) < 4.78 is 16.8. The number of unbranched alkanes of at least 4 members (excludes halogenated alkanes) is 33. The van der Waals surface area contributed by atoms with E-state index in [0.29, 0.717) is 19.3 Å². The topological polar surface area (TPSA) is 78.9 Å². The number of hydrogen-bond donors (Lipinski definition) is 0. The summed E-state index contributed by atoms with van der Waals surface area (Å²) in [6.07, 6.45) is 61.2. The molecule has 0 unspecified atom stereocenters. The highest BCUT2D eigenvalue weighted by Gasteiger charge is 2.19. The molecule has 63 heavy (non-hydrogen) atoms. The van der Waals surface area contributed by atoms with Gasteiger partial charge in [-0.3, -0.25) is 14.4 Å². The van der Waals surface area contributed by atoms with Gasteiger partial charge >= 0.3 is 17.9 Å². The van der Waals surface area contributed by atoms with E-state index in [0.717, 1.165) is 83.5 Å². The number of esters is 3. The van der Waals surface area contributed by atoms with E-state index in [9.17, 15) is 14.4 Å². The minimum atomic E-state index is -0.776. The Balaban J connectivity index is 4.38. The van der Waals surface area contributed by atoms with Crippen LogP contribution in [0.3, 0.4) is 0 Å². The summed E-state index contributed by atoms with van der Waals surface area (Å²) in [6, 6.07) is 0. The third-order valence-corrected chi connectivity index (χ3v) is 12.1. The molecule has 0 aromatic carbocycles. The van der Waals surface area contributed by atoms with Crippen LogP contribution in [0.15, 0.2) is 36.5 Å². The second-order valence-electron chi connectivity index (χ2n) is 18.5. The summed E-state index contributed by atoms with van der Waals surface area (Å²) >= 11 is 0. The maximum absolute atomic E-state index is 12.8. The van der Waals surface area contributed by atoms with Gasteiger partial charge in [0.1, 0.15) is 13.2 Å². The molecule has 0 saturated heterocycles. The van der Waals surface area contributed by atoms with Gasteiger partial charge in [-0.05, 0) is 57.8 Å². The molecule has 6 nitrogen and oxygen atoms in total. The number of hydrogen-bond acceptors (Lipinski definition) is 6. The molecule has 0 bridgehead atoms. The maximum Gasteiger partial charge on any atom is 0.306 e. The van der Waals surface area contributed by atoms with Crippen molar-refractivity contribution < 1.29 is 28.6 Å².